The van der Waals surface area contributed by atoms with Gasteiger partial charge in [0.1, 0.15) is 13.1 Å². The van der Waals surface area contributed by atoms with E-state index in [9.17, 15) is 24.0 Å². The summed E-state index contributed by atoms with van der Waals surface area (Å²) >= 11 is 0. The Kier molecular flexibility index (Phi) is 5.04. The number of para-hydroxylation sites is 1. The second kappa shape index (κ2) is 7.65. The van der Waals surface area contributed by atoms with E-state index in [1.807, 2.05) is 6.07 Å². The minimum absolute atomic E-state index is 0.0309. The van der Waals surface area contributed by atoms with Gasteiger partial charge in [0.15, 0.2) is 0 Å². The van der Waals surface area contributed by atoms with Crippen LogP contribution in [0.25, 0.3) is 0 Å². The largest absolute Gasteiger partial charge is 0.341 e. The molecule has 4 rings (SSSR count). The van der Waals surface area contributed by atoms with E-state index in [-0.39, 0.29) is 61.6 Å². The van der Waals surface area contributed by atoms with Crippen molar-refractivity contribution in [3.63, 3.8) is 0 Å². The third-order valence-electron chi connectivity index (χ3n) is 5.71. The molecule has 0 aliphatic carbocycles. The van der Waals surface area contributed by atoms with Gasteiger partial charge in [0.2, 0.25) is 17.7 Å². The highest BCUT2D eigenvalue weighted by Crippen LogP contribution is 2.26. The van der Waals surface area contributed by atoms with Crippen LogP contribution in [0.4, 0.5) is 10.5 Å². The van der Waals surface area contributed by atoms with Crippen LogP contribution in [-0.4, -0.2) is 76.6 Å². The fourth-order valence-corrected chi connectivity index (χ4v) is 4.10. The van der Waals surface area contributed by atoms with Crippen molar-refractivity contribution in [3.8, 4) is 0 Å². The van der Waals surface area contributed by atoms with Crippen LogP contribution in [0.3, 0.4) is 0 Å². The molecule has 0 saturated carbocycles. The van der Waals surface area contributed by atoms with Crippen LogP contribution >= 0.6 is 0 Å². The topological polar surface area (TPSA) is 98.3 Å². The normalized spacial score (nSPS) is 21.0. The van der Waals surface area contributed by atoms with Crippen molar-refractivity contribution >= 4 is 35.3 Å². The summed E-state index contributed by atoms with van der Waals surface area (Å²) in [6.45, 7) is 0.653. The quantitative estimate of drug-likeness (QED) is 0.546. The zero-order valence-corrected chi connectivity index (χ0v) is 16.0. The van der Waals surface area contributed by atoms with Gasteiger partial charge < -0.3 is 9.80 Å². The molecule has 0 radical (unpaired) electrons. The highest BCUT2D eigenvalue weighted by molar-refractivity contribution is 6.19. The Labute approximate surface area is 167 Å². The molecule has 0 bridgehead atoms. The molecule has 3 heterocycles. The standard InChI is InChI=1S/C20H22N4O5/c25-16-6-7-17(26)23(16)12-18(27)21-10-8-14(9-11-21)22-13-19(28)24(20(22)29)15-4-2-1-3-5-15/h1-5,14H,6-13H2. The zero-order valence-electron chi connectivity index (χ0n) is 16.0. The van der Waals surface area contributed by atoms with Crippen molar-refractivity contribution in [2.75, 3.05) is 31.1 Å². The highest BCUT2D eigenvalue weighted by Gasteiger charge is 2.42. The molecule has 9 nitrogen and oxygen atoms in total. The molecule has 3 fully saturated rings. The molecule has 152 valence electrons. The van der Waals surface area contributed by atoms with Crippen LogP contribution in [0.5, 0.6) is 0 Å². The molecule has 29 heavy (non-hydrogen) atoms. The number of carbonyl (C=O) groups is 5. The number of carbonyl (C=O) groups excluding carboxylic acids is 5. The highest BCUT2D eigenvalue weighted by atomic mass is 16.2. The van der Waals surface area contributed by atoms with Crippen LogP contribution in [0.15, 0.2) is 30.3 Å². The lowest BCUT2D eigenvalue weighted by Gasteiger charge is -2.36. The Morgan fingerprint density at radius 1 is 0.897 bits per heavy atom. The maximum absolute atomic E-state index is 12.8. The van der Waals surface area contributed by atoms with Gasteiger partial charge in [-0.25, -0.2) is 9.69 Å². The molecule has 0 spiro atoms. The molecule has 3 saturated heterocycles. The van der Waals surface area contributed by atoms with Gasteiger partial charge in [-0.2, -0.15) is 0 Å². The molecule has 6 amide bonds. The first-order valence-corrected chi connectivity index (χ1v) is 9.75. The molecule has 3 aliphatic heterocycles. The van der Waals surface area contributed by atoms with Gasteiger partial charge in [0, 0.05) is 32.0 Å². The number of nitrogens with zero attached hydrogens (tertiary/aromatic N) is 4. The van der Waals surface area contributed by atoms with E-state index in [1.54, 1.807) is 34.1 Å². The fourth-order valence-electron chi connectivity index (χ4n) is 4.10. The first kappa shape index (κ1) is 19.1. The van der Waals surface area contributed by atoms with Crippen LogP contribution < -0.4 is 4.90 Å². The minimum Gasteiger partial charge on any atom is -0.341 e. The number of anilines is 1. The first-order valence-electron chi connectivity index (χ1n) is 9.75. The molecule has 0 N–H and O–H groups in total. The van der Waals surface area contributed by atoms with Gasteiger partial charge in [-0.1, -0.05) is 18.2 Å². The van der Waals surface area contributed by atoms with E-state index >= 15 is 0 Å². The van der Waals surface area contributed by atoms with E-state index in [4.69, 9.17) is 0 Å². The number of rotatable bonds is 4. The average Bonchev–Trinajstić information content (AvgIpc) is 3.21. The smallest absolute Gasteiger partial charge is 0.332 e. The summed E-state index contributed by atoms with van der Waals surface area (Å²) in [6.07, 6.45) is 1.43. The maximum atomic E-state index is 12.8. The summed E-state index contributed by atoms with van der Waals surface area (Å²) in [6, 6.07) is 8.36. The molecule has 1 aromatic carbocycles. The van der Waals surface area contributed by atoms with E-state index in [1.165, 1.54) is 4.90 Å². The summed E-state index contributed by atoms with van der Waals surface area (Å²) in [4.78, 5) is 66.5. The molecular formula is C20H22N4O5. The van der Waals surface area contributed by atoms with Crippen molar-refractivity contribution in [3.05, 3.63) is 30.3 Å². The van der Waals surface area contributed by atoms with E-state index in [0.29, 0.717) is 31.6 Å². The summed E-state index contributed by atoms with van der Waals surface area (Å²) < 4.78 is 0. The SMILES string of the molecule is O=C(CN1C(=O)CCC1=O)N1CCC(N2CC(=O)N(c3ccccc3)C2=O)CC1. The Morgan fingerprint density at radius 2 is 1.52 bits per heavy atom. The van der Waals surface area contributed by atoms with Crippen LogP contribution in [0.2, 0.25) is 0 Å². The Hall–Kier alpha value is -3.23. The van der Waals surface area contributed by atoms with Gasteiger partial charge in [-0.15, -0.1) is 0 Å². The Balaban J connectivity index is 1.34. The third-order valence-corrected chi connectivity index (χ3v) is 5.71. The average molecular weight is 398 g/mol. The second-order valence-corrected chi connectivity index (χ2v) is 7.46. The van der Waals surface area contributed by atoms with Crippen molar-refractivity contribution in [2.45, 2.75) is 31.7 Å². The Morgan fingerprint density at radius 3 is 2.14 bits per heavy atom. The third kappa shape index (κ3) is 3.59. The molecule has 3 aliphatic rings. The molecule has 0 atom stereocenters. The lowest BCUT2D eigenvalue weighted by Crippen LogP contribution is -2.50. The predicted molar refractivity (Wildman–Crippen MR) is 102 cm³/mol. The number of piperidine rings is 1. The number of imide groups is 2. The van der Waals surface area contributed by atoms with Gasteiger partial charge in [0.05, 0.1) is 5.69 Å². The summed E-state index contributed by atoms with van der Waals surface area (Å²) in [5, 5.41) is 0. The molecule has 0 unspecified atom stereocenters. The monoisotopic (exact) mass is 398 g/mol. The van der Waals surface area contributed by atoms with Crippen LogP contribution in [0, 0.1) is 0 Å². The van der Waals surface area contributed by atoms with Crippen molar-refractivity contribution in [1.29, 1.82) is 0 Å². The summed E-state index contributed by atoms with van der Waals surface area (Å²) in [7, 11) is 0. The first-order chi connectivity index (χ1) is 14.0. The van der Waals surface area contributed by atoms with Crippen molar-refractivity contribution in [1.82, 2.24) is 14.7 Å². The Bertz CT molecular complexity index is 847. The lowest BCUT2D eigenvalue weighted by molar-refractivity contribution is -0.146. The zero-order chi connectivity index (χ0) is 20.5. The van der Waals surface area contributed by atoms with Crippen molar-refractivity contribution in [2.24, 2.45) is 0 Å². The fraction of sp³-hybridized carbons (Fsp3) is 0.450. The number of hydrogen-bond donors (Lipinski definition) is 0. The predicted octanol–water partition coefficient (Wildman–Crippen LogP) is 0.595. The number of amides is 6. The van der Waals surface area contributed by atoms with Crippen LogP contribution in [0.1, 0.15) is 25.7 Å². The van der Waals surface area contributed by atoms with E-state index < -0.39 is 0 Å². The molecular weight excluding hydrogens is 376 g/mol. The molecule has 0 aromatic heterocycles. The number of urea groups is 1. The number of hydrogen-bond acceptors (Lipinski definition) is 5. The lowest BCUT2D eigenvalue weighted by atomic mass is 10.0. The van der Waals surface area contributed by atoms with E-state index in [0.717, 1.165) is 4.90 Å². The van der Waals surface area contributed by atoms with Crippen LogP contribution in [-0.2, 0) is 19.2 Å². The molecule has 9 heteroatoms. The number of benzene rings is 1. The summed E-state index contributed by atoms with van der Waals surface area (Å²) in [5.41, 5.74) is 0.553. The summed E-state index contributed by atoms with van der Waals surface area (Å²) in [5.74, 6) is -1.13. The van der Waals surface area contributed by atoms with Gasteiger partial charge in [-0.05, 0) is 25.0 Å². The van der Waals surface area contributed by atoms with Gasteiger partial charge >= 0.3 is 6.03 Å². The van der Waals surface area contributed by atoms with Gasteiger partial charge in [0.25, 0.3) is 5.91 Å². The van der Waals surface area contributed by atoms with E-state index in [2.05, 4.69) is 0 Å². The second-order valence-electron chi connectivity index (χ2n) is 7.46. The number of likely N-dealkylation sites (tertiary alicyclic amines) is 2. The maximum Gasteiger partial charge on any atom is 0.332 e. The molecule has 1 aromatic rings. The van der Waals surface area contributed by atoms with Crippen molar-refractivity contribution < 1.29 is 24.0 Å². The van der Waals surface area contributed by atoms with Gasteiger partial charge in [-0.3, -0.25) is 24.1 Å². The minimum atomic E-state index is -0.334.